The maximum atomic E-state index is 12.6. The zero-order valence-electron chi connectivity index (χ0n) is 15.3. The second kappa shape index (κ2) is 8.58. The highest BCUT2D eigenvalue weighted by Gasteiger charge is 2.19. The SMILES string of the molecule is COC(=O)c1c(NC(=O)c2cccc(COc3cccc(Cl)c3)c2)cnn1C. The van der Waals surface area contributed by atoms with Gasteiger partial charge >= 0.3 is 5.97 Å². The molecule has 3 rings (SSSR count). The fraction of sp³-hybridized carbons (Fsp3) is 0.150. The van der Waals surface area contributed by atoms with E-state index in [1.807, 2.05) is 6.07 Å². The number of aryl methyl sites for hydroxylation is 1. The van der Waals surface area contributed by atoms with Crippen LogP contribution < -0.4 is 10.1 Å². The molecule has 0 bridgehead atoms. The molecule has 0 aliphatic carbocycles. The molecule has 1 aromatic heterocycles. The molecule has 7 nitrogen and oxygen atoms in total. The summed E-state index contributed by atoms with van der Waals surface area (Å²) in [5, 5.41) is 7.27. The van der Waals surface area contributed by atoms with Crippen LogP contribution in [0.4, 0.5) is 5.69 Å². The number of benzene rings is 2. The van der Waals surface area contributed by atoms with E-state index in [2.05, 4.69) is 10.4 Å². The summed E-state index contributed by atoms with van der Waals surface area (Å²) in [6.07, 6.45) is 1.40. The first-order valence-corrected chi connectivity index (χ1v) is 8.74. The minimum absolute atomic E-state index is 0.163. The van der Waals surface area contributed by atoms with Crippen LogP contribution >= 0.6 is 11.6 Å². The maximum Gasteiger partial charge on any atom is 0.358 e. The van der Waals surface area contributed by atoms with Crippen molar-refractivity contribution < 1.29 is 19.1 Å². The topological polar surface area (TPSA) is 82.4 Å². The number of ether oxygens (including phenoxy) is 2. The number of hydrogen-bond donors (Lipinski definition) is 1. The highest BCUT2D eigenvalue weighted by Crippen LogP contribution is 2.20. The molecule has 0 fully saturated rings. The molecule has 0 radical (unpaired) electrons. The van der Waals surface area contributed by atoms with Gasteiger partial charge in [-0.25, -0.2) is 4.79 Å². The number of nitrogens with one attached hydrogen (secondary N) is 1. The molecule has 2 aromatic carbocycles. The number of carbonyl (C=O) groups is 2. The standard InChI is InChI=1S/C20H18ClN3O4/c1-24-18(20(26)27-2)17(11-22-24)23-19(25)14-6-3-5-13(9-14)12-28-16-8-4-7-15(21)10-16/h3-11H,12H2,1-2H3,(H,23,25). The van der Waals surface area contributed by atoms with Gasteiger partial charge in [-0.15, -0.1) is 0 Å². The molecule has 0 aliphatic heterocycles. The number of aromatic nitrogens is 2. The Labute approximate surface area is 166 Å². The van der Waals surface area contributed by atoms with Crippen LogP contribution in [-0.2, 0) is 18.4 Å². The fourth-order valence-corrected chi connectivity index (χ4v) is 2.77. The van der Waals surface area contributed by atoms with E-state index >= 15 is 0 Å². The van der Waals surface area contributed by atoms with E-state index in [0.717, 1.165) is 5.56 Å². The highest BCUT2D eigenvalue weighted by atomic mass is 35.5. The Morgan fingerprint density at radius 1 is 1.18 bits per heavy atom. The average Bonchev–Trinajstić information content (AvgIpc) is 3.06. The lowest BCUT2D eigenvalue weighted by Crippen LogP contribution is -2.16. The van der Waals surface area contributed by atoms with Crippen LogP contribution in [-0.4, -0.2) is 28.8 Å². The number of carbonyl (C=O) groups excluding carboxylic acids is 2. The molecule has 0 spiro atoms. The first-order valence-electron chi connectivity index (χ1n) is 8.37. The number of esters is 1. The van der Waals surface area contributed by atoms with Crippen molar-refractivity contribution in [1.29, 1.82) is 0 Å². The molecule has 1 heterocycles. The van der Waals surface area contributed by atoms with Crippen molar-refractivity contribution in [2.45, 2.75) is 6.61 Å². The molecule has 0 unspecified atom stereocenters. The van der Waals surface area contributed by atoms with Gasteiger partial charge in [0.15, 0.2) is 5.69 Å². The van der Waals surface area contributed by atoms with Crippen molar-refractivity contribution in [3.63, 3.8) is 0 Å². The monoisotopic (exact) mass is 399 g/mol. The van der Waals surface area contributed by atoms with Crippen molar-refractivity contribution in [1.82, 2.24) is 9.78 Å². The second-order valence-electron chi connectivity index (χ2n) is 5.92. The lowest BCUT2D eigenvalue weighted by Gasteiger charge is -2.09. The van der Waals surface area contributed by atoms with Gasteiger partial charge in [0.25, 0.3) is 5.91 Å². The van der Waals surface area contributed by atoms with E-state index in [-0.39, 0.29) is 23.9 Å². The fourth-order valence-electron chi connectivity index (χ4n) is 2.59. The van der Waals surface area contributed by atoms with Crippen molar-refractivity contribution in [3.05, 3.63) is 76.6 Å². The van der Waals surface area contributed by atoms with Crippen LogP contribution in [0.3, 0.4) is 0 Å². The molecule has 1 amide bonds. The molecule has 8 heteroatoms. The van der Waals surface area contributed by atoms with Crippen LogP contribution in [0.5, 0.6) is 5.75 Å². The normalized spacial score (nSPS) is 10.4. The number of halogens is 1. The van der Waals surface area contributed by atoms with E-state index in [4.69, 9.17) is 21.1 Å². The summed E-state index contributed by atoms with van der Waals surface area (Å²) in [5.74, 6) is -0.317. The molecular formula is C20H18ClN3O4. The van der Waals surface area contributed by atoms with Crippen LogP contribution in [0.25, 0.3) is 0 Å². The summed E-state index contributed by atoms with van der Waals surface area (Å²) < 4.78 is 11.8. The number of methoxy groups -OCH3 is 1. The summed E-state index contributed by atoms with van der Waals surface area (Å²) in [6, 6.07) is 14.1. The third-order valence-corrected chi connectivity index (χ3v) is 4.19. The summed E-state index contributed by atoms with van der Waals surface area (Å²) in [4.78, 5) is 24.5. The third kappa shape index (κ3) is 4.50. The summed E-state index contributed by atoms with van der Waals surface area (Å²) in [6.45, 7) is 0.280. The third-order valence-electron chi connectivity index (χ3n) is 3.96. The molecule has 0 atom stereocenters. The van der Waals surface area contributed by atoms with Crippen LogP contribution in [0, 0.1) is 0 Å². The largest absolute Gasteiger partial charge is 0.489 e. The van der Waals surface area contributed by atoms with E-state index < -0.39 is 5.97 Å². The first-order chi connectivity index (χ1) is 13.5. The van der Waals surface area contributed by atoms with Gasteiger partial charge in [0.05, 0.1) is 19.0 Å². The lowest BCUT2D eigenvalue weighted by atomic mass is 10.1. The van der Waals surface area contributed by atoms with E-state index in [9.17, 15) is 9.59 Å². The second-order valence-corrected chi connectivity index (χ2v) is 6.36. The van der Waals surface area contributed by atoms with Gasteiger partial charge in [-0.2, -0.15) is 5.10 Å². The highest BCUT2D eigenvalue weighted by molar-refractivity contribution is 6.30. The minimum Gasteiger partial charge on any atom is -0.489 e. The van der Waals surface area contributed by atoms with Gasteiger partial charge < -0.3 is 14.8 Å². The maximum absolute atomic E-state index is 12.6. The smallest absolute Gasteiger partial charge is 0.358 e. The Bertz CT molecular complexity index is 1020. The molecular weight excluding hydrogens is 382 g/mol. The van der Waals surface area contributed by atoms with Gasteiger partial charge in [0.2, 0.25) is 0 Å². The van der Waals surface area contributed by atoms with E-state index in [1.165, 1.54) is 18.0 Å². The quantitative estimate of drug-likeness (QED) is 0.639. The van der Waals surface area contributed by atoms with E-state index in [1.54, 1.807) is 49.5 Å². The number of amides is 1. The van der Waals surface area contributed by atoms with Gasteiger partial charge in [0.1, 0.15) is 12.4 Å². The van der Waals surface area contributed by atoms with Crippen LogP contribution in [0.15, 0.2) is 54.7 Å². The molecule has 144 valence electrons. The van der Waals surface area contributed by atoms with Crippen molar-refractivity contribution in [3.8, 4) is 5.75 Å². The van der Waals surface area contributed by atoms with Crippen LogP contribution in [0.1, 0.15) is 26.4 Å². The van der Waals surface area contributed by atoms with Crippen molar-refractivity contribution in [2.24, 2.45) is 7.05 Å². The minimum atomic E-state index is -0.584. The number of nitrogens with zero attached hydrogens (tertiary/aromatic N) is 2. The molecule has 3 aromatic rings. The summed E-state index contributed by atoms with van der Waals surface area (Å²) >= 11 is 5.94. The Morgan fingerprint density at radius 2 is 1.96 bits per heavy atom. The van der Waals surface area contributed by atoms with Crippen molar-refractivity contribution >= 4 is 29.2 Å². The Hall–Kier alpha value is -3.32. The lowest BCUT2D eigenvalue weighted by molar-refractivity contribution is 0.0589. The van der Waals surface area contributed by atoms with Crippen LogP contribution in [0.2, 0.25) is 5.02 Å². The average molecular weight is 400 g/mol. The zero-order chi connectivity index (χ0) is 20.1. The molecule has 0 saturated carbocycles. The number of hydrogen-bond acceptors (Lipinski definition) is 5. The summed E-state index contributed by atoms with van der Waals surface area (Å²) in [5.41, 5.74) is 1.68. The molecule has 28 heavy (non-hydrogen) atoms. The van der Waals surface area contributed by atoms with Gasteiger partial charge in [-0.1, -0.05) is 29.8 Å². The molecule has 0 aliphatic rings. The number of rotatable bonds is 6. The Balaban J connectivity index is 1.71. The summed E-state index contributed by atoms with van der Waals surface area (Å²) in [7, 11) is 2.86. The van der Waals surface area contributed by atoms with Gasteiger partial charge in [0, 0.05) is 17.6 Å². The van der Waals surface area contributed by atoms with E-state index in [0.29, 0.717) is 16.3 Å². The molecule has 0 saturated heterocycles. The zero-order valence-corrected chi connectivity index (χ0v) is 16.1. The Morgan fingerprint density at radius 3 is 2.71 bits per heavy atom. The Kier molecular flexibility index (Phi) is 5.96. The number of anilines is 1. The molecule has 1 N–H and O–H groups in total. The predicted molar refractivity (Wildman–Crippen MR) is 105 cm³/mol. The predicted octanol–water partition coefficient (Wildman–Crippen LogP) is 3.69. The van der Waals surface area contributed by atoms with Crippen molar-refractivity contribution in [2.75, 3.05) is 12.4 Å². The van der Waals surface area contributed by atoms with Gasteiger partial charge in [-0.3, -0.25) is 9.48 Å². The van der Waals surface area contributed by atoms with Gasteiger partial charge in [-0.05, 0) is 35.9 Å². The first kappa shape index (κ1) is 19.4.